The van der Waals surface area contributed by atoms with Gasteiger partial charge >= 0.3 is 12.1 Å². The van der Waals surface area contributed by atoms with Crippen molar-refractivity contribution in [1.82, 2.24) is 25.2 Å². The minimum absolute atomic E-state index is 0.000212. The molecule has 4 aliphatic rings. The summed E-state index contributed by atoms with van der Waals surface area (Å²) in [5.41, 5.74) is 13.6. The fourth-order valence-corrected chi connectivity index (χ4v) is 9.28. The van der Waals surface area contributed by atoms with Gasteiger partial charge in [0.15, 0.2) is 18.2 Å². The van der Waals surface area contributed by atoms with Gasteiger partial charge in [0.05, 0.1) is 30.0 Å². The Bertz CT molecular complexity index is 1760. The molecule has 1 saturated carbocycles. The maximum absolute atomic E-state index is 14.3. The number of aliphatic hydroxyl groups excluding tert-OH is 1. The van der Waals surface area contributed by atoms with Crippen molar-refractivity contribution in [3.05, 3.63) is 30.5 Å². The summed E-state index contributed by atoms with van der Waals surface area (Å²) in [6.45, 7) is 14.5. The molecule has 16 nitrogen and oxygen atoms in total. The van der Waals surface area contributed by atoms with Gasteiger partial charge in [0.2, 0.25) is 0 Å². The van der Waals surface area contributed by atoms with E-state index in [-0.39, 0.29) is 24.0 Å². The number of hydrogen-bond acceptors (Lipinski definition) is 14. The molecular weight excluding hydrogens is 759 g/mol. The zero-order valence-electron chi connectivity index (χ0n) is 36.0. The Morgan fingerprint density at radius 1 is 1.07 bits per heavy atom. The van der Waals surface area contributed by atoms with E-state index in [0.29, 0.717) is 50.5 Å². The van der Waals surface area contributed by atoms with Crippen molar-refractivity contribution in [1.29, 1.82) is 0 Å². The van der Waals surface area contributed by atoms with Crippen LogP contribution in [0.1, 0.15) is 87.0 Å². The average molecular weight is 826 g/mol. The predicted octanol–water partition coefficient (Wildman–Crippen LogP) is 3.93. The van der Waals surface area contributed by atoms with Crippen LogP contribution in [0.4, 0.5) is 10.5 Å². The van der Waals surface area contributed by atoms with Crippen LogP contribution in [0.25, 0.3) is 11.3 Å². The van der Waals surface area contributed by atoms with Gasteiger partial charge in [-0.3, -0.25) is 19.2 Å². The molecule has 3 saturated heterocycles. The molecule has 0 radical (unpaired) electrons. The summed E-state index contributed by atoms with van der Waals surface area (Å²) in [6, 6.07) is 6.35. The van der Waals surface area contributed by atoms with Crippen molar-refractivity contribution in [3.8, 4) is 11.3 Å². The van der Waals surface area contributed by atoms with Gasteiger partial charge in [0, 0.05) is 49.5 Å². The summed E-state index contributed by atoms with van der Waals surface area (Å²) < 4.78 is 33.1. The number of Topliss-reactive ketones (excluding diaryl/α,β-unsaturated/α-hetero) is 1. The Morgan fingerprint density at radius 3 is 2.47 bits per heavy atom. The summed E-state index contributed by atoms with van der Waals surface area (Å²) in [6.07, 6.45) is 0.655. The van der Waals surface area contributed by atoms with Crippen LogP contribution >= 0.6 is 0 Å². The fraction of sp³-hybridized carbons (Fsp3) is 0.744. The second-order valence-corrected chi connectivity index (χ2v) is 17.8. The van der Waals surface area contributed by atoms with E-state index < -0.39 is 78.1 Å². The highest BCUT2D eigenvalue weighted by atomic mass is 16.7. The molecule has 0 spiro atoms. The number of methoxy groups -OCH3 is 1. The molecule has 4 heterocycles. The molecule has 6 N–H and O–H groups in total. The number of unbranched alkanes of at least 4 members (excludes halogenated alkanes) is 1. The number of benzene rings is 1. The molecule has 0 bridgehead atoms. The van der Waals surface area contributed by atoms with Crippen molar-refractivity contribution >= 4 is 23.5 Å². The zero-order valence-corrected chi connectivity index (χ0v) is 36.0. The molecule has 1 aromatic heterocycles. The minimum atomic E-state index is -1.17. The van der Waals surface area contributed by atoms with Crippen molar-refractivity contribution in [2.45, 2.75) is 154 Å². The van der Waals surface area contributed by atoms with Crippen LogP contribution in [0.15, 0.2) is 30.5 Å². The molecule has 1 amide bonds. The average Bonchev–Trinajstić information content (AvgIpc) is 3.86. The van der Waals surface area contributed by atoms with Crippen LogP contribution in [0.3, 0.4) is 0 Å². The fourth-order valence-electron chi connectivity index (χ4n) is 9.28. The van der Waals surface area contributed by atoms with Crippen LogP contribution in [0.5, 0.6) is 0 Å². The number of nitrogens with zero attached hydrogens (tertiary/aromatic N) is 4. The Hall–Kier alpha value is -3.67. The summed E-state index contributed by atoms with van der Waals surface area (Å²) in [7, 11) is 1.58. The number of cyclic esters (lactones) is 1. The van der Waals surface area contributed by atoms with E-state index >= 15 is 0 Å². The predicted molar refractivity (Wildman–Crippen MR) is 219 cm³/mol. The number of rotatable bonds is 11. The van der Waals surface area contributed by atoms with E-state index in [0.717, 1.165) is 30.5 Å². The number of ether oxygens (including phenoxy) is 5. The highest BCUT2D eigenvalue weighted by Crippen LogP contribution is 2.41. The number of nitrogen functional groups attached to an aromatic ring is 1. The molecule has 2 aromatic rings. The molecule has 59 heavy (non-hydrogen) atoms. The molecule has 1 aliphatic carbocycles. The molecule has 14 atom stereocenters. The van der Waals surface area contributed by atoms with Crippen molar-refractivity contribution in [3.63, 3.8) is 0 Å². The Kier molecular flexibility index (Phi) is 14.4. The van der Waals surface area contributed by atoms with E-state index in [1.54, 1.807) is 23.6 Å². The van der Waals surface area contributed by atoms with Crippen LogP contribution in [-0.4, -0.2) is 124 Å². The van der Waals surface area contributed by atoms with Gasteiger partial charge in [-0.1, -0.05) is 45.0 Å². The molecule has 1 aromatic carbocycles. The van der Waals surface area contributed by atoms with Crippen LogP contribution in [-0.2, 0) is 39.8 Å². The number of fused-ring (bicyclic) bond motifs is 1. The molecular formula is C43H67N7O9. The molecule has 14 unspecified atom stereocenters. The number of hydrogen-bond donors (Lipinski definition) is 4. The van der Waals surface area contributed by atoms with Crippen LogP contribution < -0.4 is 16.8 Å². The van der Waals surface area contributed by atoms with Crippen LogP contribution in [0.2, 0.25) is 0 Å². The van der Waals surface area contributed by atoms with Gasteiger partial charge in [-0.05, 0) is 95.7 Å². The minimum Gasteiger partial charge on any atom is -0.458 e. The number of ketones is 1. The first kappa shape index (κ1) is 44.9. The van der Waals surface area contributed by atoms with Gasteiger partial charge in [0.25, 0.3) is 0 Å². The number of amides is 1. The maximum atomic E-state index is 14.3. The second kappa shape index (κ2) is 18.9. The molecule has 3 aliphatic heterocycles. The van der Waals surface area contributed by atoms with Crippen LogP contribution in [0, 0.1) is 29.6 Å². The van der Waals surface area contributed by atoms with Crippen molar-refractivity contribution < 1.29 is 43.2 Å². The lowest BCUT2D eigenvalue weighted by atomic mass is 9.78. The van der Waals surface area contributed by atoms with Crippen molar-refractivity contribution in [2.24, 2.45) is 35.3 Å². The number of aliphatic hydroxyl groups is 1. The van der Waals surface area contributed by atoms with Crippen molar-refractivity contribution in [2.75, 3.05) is 25.9 Å². The smallest absolute Gasteiger partial charge is 0.410 e. The maximum Gasteiger partial charge on any atom is 0.410 e. The number of carbonyl (C=O) groups excluding carboxylic acids is 3. The molecule has 16 heteroatoms. The Balaban J connectivity index is 1.23. The molecule has 328 valence electrons. The van der Waals surface area contributed by atoms with E-state index in [9.17, 15) is 19.5 Å². The number of nitrogens with two attached hydrogens (primary N) is 2. The lowest BCUT2D eigenvalue weighted by Crippen LogP contribution is -2.61. The summed E-state index contributed by atoms with van der Waals surface area (Å²) in [4.78, 5) is 43.9. The van der Waals surface area contributed by atoms with Gasteiger partial charge in [-0.15, -0.1) is 5.10 Å². The number of anilines is 1. The number of aromatic nitrogens is 3. The lowest BCUT2D eigenvalue weighted by Gasteiger charge is -2.46. The first-order valence-electron chi connectivity index (χ1n) is 21.6. The van der Waals surface area contributed by atoms with Gasteiger partial charge in [0.1, 0.15) is 23.8 Å². The number of aryl methyl sites for hydroxylation is 1. The summed E-state index contributed by atoms with van der Waals surface area (Å²) in [5, 5.41) is 23.7. The monoisotopic (exact) mass is 826 g/mol. The standard InChI is InChI=1S/C43H67N7O9/c1-9-32-38-35(50(42(54)58-38)18-11-10-17-49-22-31(47-48-49)29-13-12-14-30(44)19-29)34(28-15-16-28)46-21-23(2)20-43(7,55-8)39(25(4)36(51)26(5)40(53)57-32)59-41-37(52)33(45)24(3)27(6)56-41/h12-14,19,22-28,32-35,37-39,41,46,52H,9-11,15-18,20-21,44-45H2,1-8H3. The van der Waals surface area contributed by atoms with E-state index in [1.807, 2.05) is 58.2 Å². The van der Waals surface area contributed by atoms with Gasteiger partial charge < -0.3 is 45.6 Å². The highest BCUT2D eigenvalue weighted by molar-refractivity contribution is 6.00. The third-order valence-electron chi connectivity index (χ3n) is 13.3. The third-order valence-corrected chi connectivity index (χ3v) is 13.3. The van der Waals surface area contributed by atoms with Gasteiger partial charge in [-0.2, -0.15) is 0 Å². The zero-order chi connectivity index (χ0) is 42.8. The Labute approximate surface area is 348 Å². The molecule has 6 rings (SSSR count). The Morgan fingerprint density at radius 2 is 1.80 bits per heavy atom. The number of carbonyl (C=O) groups is 3. The normalized spacial score (nSPS) is 37.6. The molecule has 4 fully saturated rings. The first-order chi connectivity index (χ1) is 28.1. The largest absolute Gasteiger partial charge is 0.458 e. The first-order valence-corrected chi connectivity index (χ1v) is 21.6. The third kappa shape index (κ3) is 9.94. The number of esters is 1. The van der Waals surface area contributed by atoms with E-state index in [2.05, 4.69) is 22.6 Å². The second-order valence-electron chi connectivity index (χ2n) is 17.8. The highest BCUT2D eigenvalue weighted by Gasteiger charge is 2.55. The van der Waals surface area contributed by atoms with E-state index in [1.165, 1.54) is 6.92 Å². The SMILES string of the molecule is CCC1OC(=O)C(C)C(=O)C(C)C(OC2OC(C)C(C)C(N)C2O)C(C)(OC)CC(C)CNC(C2CC2)C2C1OC(=O)N2CCCCn1cc(-c2cccc(N)c2)nn1. The quantitative estimate of drug-likeness (QED) is 0.109. The van der Waals surface area contributed by atoms with Gasteiger partial charge in [-0.25, -0.2) is 4.79 Å². The topological polar surface area (TPSA) is 216 Å². The van der Waals surface area contributed by atoms with E-state index in [4.69, 9.17) is 35.2 Å². The lowest BCUT2D eigenvalue weighted by molar-refractivity contribution is -0.297. The summed E-state index contributed by atoms with van der Waals surface area (Å²) in [5.74, 6) is -2.99. The number of nitrogens with one attached hydrogen (secondary N) is 1. The summed E-state index contributed by atoms with van der Waals surface area (Å²) >= 11 is 0.